The first-order valence-corrected chi connectivity index (χ1v) is 8.00. The summed E-state index contributed by atoms with van der Waals surface area (Å²) in [4.78, 5) is 11.2. The minimum absolute atomic E-state index is 0.0592. The zero-order chi connectivity index (χ0) is 13.8. The lowest BCUT2D eigenvalue weighted by atomic mass is 10.3. The molecule has 1 heterocycles. The second-order valence-corrected chi connectivity index (χ2v) is 6.71. The smallest absolute Gasteiger partial charge is 0.272 e. The van der Waals surface area contributed by atoms with E-state index in [1.807, 2.05) is 12.3 Å². The number of hydrogen-bond acceptors (Lipinski definition) is 8. The molecule has 1 N–H and O–H groups in total. The number of rotatable bonds is 5. The van der Waals surface area contributed by atoms with Gasteiger partial charge in [0.25, 0.3) is 5.69 Å². The van der Waals surface area contributed by atoms with Crippen LogP contribution in [0.3, 0.4) is 0 Å². The molecule has 0 aliphatic heterocycles. The van der Waals surface area contributed by atoms with Crippen LogP contribution in [-0.2, 0) is 0 Å². The minimum Gasteiger partial charge on any atom is -0.388 e. The van der Waals surface area contributed by atoms with E-state index >= 15 is 0 Å². The molecule has 0 spiro atoms. The maximum Gasteiger partial charge on any atom is 0.272 e. The third kappa shape index (κ3) is 3.58. The van der Waals surface area contributed by atoms with Gasteiger partial charge < -0.3 is 5.32 Å². The van der Waals surface area contributed by atoms with Crippen molar-refractivity contribution < 1.29 is 4.92 Å². The van der Waals surface area contributed by atoms with Crippen LogP contribution in [0.4, 0.5) is 11.4 Å². The Morgan fingerprint density at radius 2 is 2.05 bits per heavy atom. The van der Waals surface area contributed by atoms with Crippen LogP contribution in [0.15, 0.2) is 31.8 Å². The molecule has 0 aliphatic carbocycles. The predicted molar refractivity (Wildman–Crippen MR) is 78.5 cm³/mol. The van der Waals surface area contributed by atoms with Crippen LogP contribution in [0.1, 0.15) is 0 Å². The molecule has 0 unspecified atom stereocenters. The molecule has 2 aromatic rings. The quantitative estimate of drug-likeness (QED) is 0.515. The van der Waals surface area contributed by atoms with Gasteiger partial charge in [-0.05, 0) is 12.3 Å². The van der Waals surface area contributed by atoms with Gasteiger partial charge in [0.1, 0.15) is 0 Å². The maximum atomic E-state index is 10.9. The van der Waals surface area contributed by atoms with Gasteiger partial charge in [-0.25, -0.2) is 0 Å². The molecular weight excluding hydrogens is 304 g/mol. The molecule has 0 saturated heterocycles. The first kappa shape index (κ1) is 14.1. The van der Waals surface area contributed by atoms with E-state index in [4.69, 9.17) is 0 Å². The highest BCUT2D eigenvalue weighted by atomic mass is 32.2. The third-order valence-electron chi connectivity index (χ3n) is 2.16. The van der Waals surface area contributed by atoms with Gasteiger partial charge in [-0.1, -0.05) is 34.9 Å². The Morgan fingerprint density at radius 1 is 1.32 bits per heavy atom. The Labute approximate surface area is 122 Å². The van der Waals surface area contributed by atoms with Gasteiger partial charge in [0, 0.05) is 29.8 Å². The second kappa shape index (κ2) is 6.22. The van der Waals surface area contributed by atoms with E-state index in [2.05, 4.69) is 15.5 Å². The van der Waals surface area contributed by atoms with E-state index in [0.717, 1.165) is 13.6 Å². The molecule has 0 saturated carbocycles. The van der Waals surface area contributed by atoms with Crippen LogP contribution in [0.2, 0.25) is 0 Å². The molecule has 0 aliphatic rings. The van der Waals surface area contributed by atoms with Gasteiger partial charge in [-0.15, -0.1) is 10.2 Å². The summed E-state index contributed by atoms with van der Waals surface area (Å²) in [6.45, 7) is 0. The molecule has 0 radical (unpaired) electrons. The topological polar surface area (TPSA) is 81.0 Å². The molecule has 0 fully saturated rings. The highest BCUT2D eigenvalue weighted by Crippen LogP contribution is 2.35. The Morgan fingerprint density at radius 3 is 2.63 bits per heavy atom. The first-order valence-electron chi connectivity index (χ1n) is 5.15. The van der Waals surface area contributed by atoms with E-state index in [-0.39, 0.29) is 5.69 Å². The fraction of sp³-hybridized carbons (Fsp3) is 0.200. The summed E-state index contributed by atoms with van der Waals surface area (Å²) in [7, 11) is 1.73. The number of aromatic nitrogens is 2. The Bertz CT molecular complexity index is 602. The molecule has 6 nitrogen and oxygen atoms in total. The van der Waals surface area contributed by atoms with Gasteiger partial charge in [-0.3, -0.25) is 10.1 Å². The van der Waals surface area contributed by atoms with Crippen molar-refractivity contribution in [1.29, 1.82) is 0 Å². The van der Waals surface area contributed by atoms with Crippen molar-refractivity contribution >= 4 is 46.2 Å². The van der Waals surface area contributed by atoms with Crippen molar-refractivity contribution in [2.45, 2.75) is 13.6 Å². The average Bonchev–Trinajstić information content (AvgIpc) is 2.85. The Balaban J connectivity index is 2.28. The van der Waals surface area contributed by atoms with Crippen LogP contribution in [0, 0.1) is 10.1 Å². The Hall–Kier alpha value is -1.32. The van der Waals surface area contributed by atoms with E-state index in [9.17, 15) is 10.1 Å². The summed E-state index contributed by atoms with van der Waals surface area (Å²) in [5, 5.41) is 21.8. The van der Waals surface area contributed by atoms with Gasteiger partial charge in [0.15, 0.2) is 8.68 Å². The maximum absolute atomic E-state index is 10.9. The number of hydrogen-bond donors (Lipinski definition) is 1. The molecule has 2 rings (SSSR count). The lowest BCUT2D eigenvalue weighted by molar-refractivity contribution is -0.385. The summed E-state index contributed by atoms with van der Waals surface area (Å²) in [6, 6.07) is 4.88. The van der Waals surface area contributed by atoms with Crippen LogP contribution in [0.5, 0.6) is 0 Å². The fourth-order valence-corrected chi connectivity index (χ4v) is 3.82. The van der Waals surface area contributed by atoms with E-state index in [0.29, 0.717) is 5.69 Å². The third-order valence-corrected chi connectivity index (χ3v) is 5.08. The normalized spacial score (nSPS) is 10.4. The summed E-state index contributed by atoms with van der Waals surface area (Å²) in [5.74, 6) is 0. The average molecular weight is 314 g/mol. The largest absolute Gasteiger partial charge is 0.388 e. The lowest BCUT2D eigenvalue weighted by Crippen LogP contribution is -1.93. The number of nitrogens with zero attached hydrogens (tertiary/aromatic N) is 3. The molecular formula is C10H10N4O2S3. The summed E-state index contributed by atoms with van der Waals surface area (Å²) >= 11 is 4.37. The van der Waals surface area contributed by atoms with Crippen molar-refractivity contribution in [1.82, 2.24) is 10.2 Å². The van der Waals surface area contributed by atoms with E-state index in [1.54, 1.807) is 7.05 Å². The van der Waals surface area contributed by atoms with Crippen molar-refractivity contribution in [3.05, 3.63) is 28.3 Å². The highest BCUT2D eigenvalue weighted by Gasteiger charge is 2.12. The number of nitro benzene ring substituents is 1. The standard InChI is InChI=1S/C10H10N4O2S3/c1-11-6-3-7(14(15)16)5-8(4-6)18-10-13-12-9(17-2)19-10/h3-5,11H,1-2H3. The summed E-state index contributed by atoms with van der Waals surface area (Å²) < 4.78 is 1.65. The molecule has 100 valence electrons. The molecule has 0 atom stereocenters. The molecule has 19 heavy (non-hydrogen) atoms. The van der Waals surface area contributed by atoms with Crippen LogP contribution < -0.4 is 5.32 Å². The Kier molecular flexibility index (Phi) is 4.61. The van der Waals surface area contributed by atoms with Crippen molar-refractivity contribution in [3.8, 4) is 0 Å². The fourth-order valence-electron chi connectivity index (χ4n) is 1.31. The van der Waals surface area contributed by atoms with E-state index < -0.39 is 4.92 Å². The number of non-ortho nitro benzene ring substituents is 1. The zero-order valence-corrected chi connectivity index (χ0v) is 12.6. The number of benzene rings is 1. The number of nitro groups is 1. The highest BCUT2D eigenvalue weighted by molar-refractivity contribution is 8.03. The van der Waals surface area contributed by atoms with E-state index in [1.165, 1.54) is 47.0 Å². The van der Waals surface area contributed by atoms with Crippen molar-refractivity contribution in [2.75, 3.05) is 18.6 Å². The predicted octanol–water partition coefficient (Wildman–Crippen LogP) is 3.36. The van der Waals surface area contributed by atoms with Crippen LogP contribution >= 0.6 is 34.9 Å². The first-order chi connectivity index (χ1) is 9.12. The molecule has 9 heteroatoms. The molecule has 1 aromatic carbocycles. The summed E-state index contributed by atoms with van der Waals surface area (Å²) in [6.07, 6.45) is 1.93. The van der Waals surface area contributed by atoms with Gasteiger partial charge in [0.05, 0.1) is 4.92 Å². The zero-order valence-electron chi connectivity index (χ0n) is 10.1. The molecule has 0 bridgehead atoms. The lowest BCUT2D eigenvalue weighted by Gasteiger charge is -2.03. The monoisotopic (exact) mass is 314 g/mol. The number of thioether (sulfide) groups is 1. The summed E-state index contributed by atoms with van der Waals surface area (Å²) in [5.41, 5.74) is 0.760. The van der Waals surface area contributed by atoms with Crippen molar-refractivity contribution in [3.63, 3.8) is 0 Å². The van der Waals surface area contributed by atoms with Crippen LogP contribution in [0.25, 0.3) is 0 Å². The van der Waals surface area contributed by atoms with Crippen molar-refractivity contribution in [2.24, 2.45) is 0 Å². The number of nitrogens with one attached hydrogen (secondary N) is 1. The number of anilines is 1. The molecule has 1 aromatic heterocycles. The van der Waals surface area contributed by atoms with Crippen LogP contribution in [-0.4, -0.2) is 28.4 Å². The second-order valence-electron chi connectivity index (χ2n) is 3.36. The molecule has 0 amide bonds. The minimum atomic E-state index is -0.404. The van der Waals surface area contributed by atoms with Gasteiger partial charge in [-0.2, -0.15) is 0 Å². The van der Waals surface area contributed by atoms with Gasteiger partial charge >= 0.3 is 0 Å². The van der Waals surface area contributed by atoms with Gasteiger partial charge in [0.2, 0.25) is 0 Å². The SMILES string of the molecule is CNc1cc(Sc2nnc(SC)s2)cc([N+](=O)[O-])c1.